The van der Waals surface area contributed by atoms with Gasteiger partial charge < -0.3 is 5.11 Å². The van der Waals surface area contributed by atoms with E-state index in [-0.39, 0.29) is 11.2 Å². The van der Waals surface area contributed by atoms with Crippen molar-refractivity contribution in [3.63, 3.8) is 0 Å². The topological polar surface area (TPSA) is 20.2 Å². The Morgan fingerprint density at radius 1 is 1.29 bits per heavy atom. The lowest BCUT2D eigenvalue weighted by molar-refractivity contribution is 0.0618. The maximum Gasteiger partial charge on any atom is 0.123 e. The zero-order valence-corrected chi connectivity index (χ0v) is 9.13. The van der Waals surface area contributed by atoms with Crippen molar-refractivity contribution >= 4 is 0 Å². The molecule has 0 saturated carbocycles. The molecule has 0 aromatic heterocycles. The molecule has 1 aromatic rings. The Kier molecular flexibility index (Phi) is 2.95. The van der Waals surface area contributed by atoms with Crippen LogP contribution in [0.3, 0.4) is 0 Å². The third-order valence-corrected chi connectivity index (χ3v) is 2.36. The van der Waals surface area contributed by atoms with Crippen LogP contribution < -0.4 is 0 Å². The Morgan fingerprint density at radius 2 is 1.86 bits per heavy atom. The second-order valence-corrected chi connectivity index (χ2v) is 4.77. The van der Waals surface area contributed by atoms with Gasteiger partial charge in [-0.15, -0.1) is 0 Å². The second kappa shape index (κ2) is 3.70. The van der Waals surface area contributed by atoms with Gasteiger partial charge in [0.05, 0.1) is 6.10 Å². The van der Waals surface area contributed by atoms with Gasteiger partial charge in [0.15, 0.2) is 0 Å². The maximum atomic E-state index is 13.0. The molecule has 0 aliphatic rings. The second-order valence-electron chi connectivity index (χ2n) is 4.77. The molecule has 2 heteroatoms. The number of aliphatic hydroxyl groups excluding tert-OH is 1. The highest BCUT2D eigenvalue weighted by Crippen LogP contribution is 2.34. The molecule has 1 aromatic carbocycles. The van der Waals surface area contributed by atoms with E-state index in [0.29, 0.717) is 5.56 Å². The third kappa shape index (κ3) is 2.32. The van der Waals surface area contributed by atoms with Gasteiger partial charge in [0.25, 0.3) is 0 Å². The molecule has 1 unspecified atom stereocenters. The van der Waals surface area contributed by atoms with E-state index in [4.69, 9.17) is 0 Å². The fourth-order valence-corrected chi connectivity index (χ4v) is 1.37. The molecule has 0 saturated heterocycles. The molecule has 0 radical (unpaired) electrons. The third-order valence-electron chi connectivity index (χ3n) is 2.36. The van der Waals surface area contributed by atoms with Crippen molar-refractivity contribution < 1.29 is 9.50 Å². The number of hydrogen-bond donors (Lipinski definition) is 1. The van der Waals surface area contributed by atoms with Crippen LogP contribution in [0.5, 0.6) is 0 Å². The number of aryl methyl sites for hydroxylation is 1. The number of rotatable bonds is 1. The van der Waals surface area contributed by atoms with E-state index in [1.807, 2.05) is 27.7 Å². The van der Waals surface area contributed by atoms with Crippen LogP contribution in [-0.4, -0.2) is 5.11 Å². The number of benzene rings is 1. The molecule has 14 heavy (non-hydrogen) atoms. The van der Waals surface area contributed by atoms with Gasteiger partial charge in [0, 0.05) is 0 Å². The standard InChI is InChI=1S/C12H17FO/c1-8-5-6-9(13)7-10(8)11(14)12(2,3)4/h5-7,11,14H,1-4H3. The van der Waals surface area contributed by atoms with Crippen LogP contribution in [0.25, 0.3) is 0 Å². The predicted molar refractivity (Wildman–Crippen MR) is 55.6 cm³/mol. The average Bonchev–Trinajstić information content (AvgIpc) is 2.06. The lowest BCUT2D eigenvalue weighted by atomic mass is 9.83. The summed E-state index contributed by atoms with van der Waals surface area (Å²) in [4.78, 5) is 0. The highest BCUT2D eigenvalue weighted by atomic mass is 19.1. The summed E-state index contributed by atoms with van der Waals surface area (Å²) in [5.74, 6) is -0.297. The summed E-state index contributed by atoms with van der Waals surface area (Å²) in [6.07, 6.45) is -0.627. The van der Waals surface area contributed by atoms with Crippen LogP contribution in [0.15, 0.2) is 18.2 Å². The molecule has 1 nitrogen and oxygen atoms in total. The van der Waals surface area contributed by atoms with Crippen LogP contribution in [0.4, 0.5) is 4.39 Å². The molecule has 0 aliphatic heterocycles. The summed E-state index contributed by atoms with van der Waals surface area (Å²) < 4.78 is 13.0. The summed E-state index contributed by atoms with van der Waals surface area (Å²) >= 11 is 0. The SMILES string of the molecule is Cc1ccc(F)cc1C(O)C(C)(C)C. The zero-order valence-electron chi connectivity index (χ0n) is 9.13. The van der Waals surface area contributed by atoms with Crippen LogP contribution in [0.2, 0.25) is 0 Å². The fourth-order valence-electron chi connectivity index (χ4n) is 1.37. The quantitative estimate of drug-likeness (QED) is 0.731. The van der Waals surface area contributed by atoms with Gasteiger partial charge in [-0.3, -0.25) is 0 Å². The molecule has 0 aliphatic carbocycles. The average molecular weight is 196 g/mol. The minimum Gasteiger partial charge on any atom is -0.388 e. The van der Waals surface area contributed by atoms with Gasteiger partial charge in [-0.2, -0.15) is 0 Å². The molecule has 0 fully saturated rings. The molecule has 1 atom stereocenters. The summed E-state index contributed by atoms with van der Waals surface area (Å²) in [7, 11) is 0. The van der Waals surface area contributed by atoms with E-state index in [1.54, 1.807) is 6.07 Å². The highest BCUT2D eigenvalue weighted by Gasteiger charge is 2.25. The molecule has 1 N–H and O–H groups in total. The number of hydrogen-bond acceptors (Lipinski definition) is 1. The Labute approximate surface area is 84.6 Å². The van der Waals surface area contributed by atoms with Crippen molar-refractivity contribution in [1.82, 2.24) is 0 Å². The summed E-state index contributed by atoms with van der Waals surface area (Å²) in [5.41, 5.74) is 1.34. The largest absolute Gasteiger partial charge is 0.388 e. The van der Waals surface area contributed by atoms with Crippen molar-refractivity contribution in [1.29, 1.82) is 0 Å². The zero-order chi connectivity index (χ0) is 10.9. The minimum absolute atomic E-state index is 0.265. The first-order chi connectivity index (χ1) is 6.32. The normalized spacial score (nSPS) is 14.1. The van der Waals surface area contributed by atoms with Crippen LogP contribution in [0, 0.1) is 18.2 Å². The first-order valence-electron chi connectivity index (χ1n) is 4.76. The summed E-state index contributed by atoms with van der Waals surface area (Å²) in [5, 5.41) is 10.00. The van der Waals surface area contributed by atoms with E-state index in [1.165, 1.54) is 12.1 Å². The van der Waals surface area contributed by atoms with Gasteiger partial charge in [0.2, 0.25) is 0 Å². The van der Waals surface area contributed by atoms with E-state index < -0.39 is 6.10 Å². The van der Waals surface area contributed by atoms with Crippen molar-refractivity contribution in [2.24, 2.45) is 5.41 Å². The van der Waals surface area contributed by atoms with Gasteiger partial charge in [0.1, 0.15) is 5.82 Å². The Morgan fingerprint density at radius 3 is 2.36 bits per heavy atom. The molecule has 0 heterocycles. The Balaban J connectivity index is 3.12. The van der Waals surface area contributed by atoms with Crippen LogP contribution in [0.1, 0.15) is 38.0 Å². The first-order valence-corrected chi connectivity index (χ1v) is 4.76. The molecule has 0 amide bonds. The maximum absolute atomic E-state index is 13.0. The Bertz CT molecular complexity index is 326. The number of halogens is 1. The van der Waals surface area contributed by atoms with E-state index in [0.717, 1.165) is 5.56 Å². The molecular formula is C12H17FO. The van der Waals surface area contributed by atoms with E-state index >= 15 is 0 Å². The fraction of sp³-hybridized carbons (Fsp3) is 0.500. The molecule has 1 rings (SSSR count). The Hall–Kier alpha value is -0.890. The molecular weight excluding hydrogens is 179 g/mol. The van der Waals surface area contributed by atoms with Crippen molar-refractivity contribution in [3.8, 4) is 0 Å². The monoisotopic (exact) mass is 196 g/mol. The lowest BCUT2D eigenvalue weighted by Crippen LogP contribution is -2.18. The summed E-state index contributed by atoms with van der Waals surface area (Å²) in [6.45, 7) is 7.68. The van der Waals surface area contributed by atoms with Gasteiger partial charge >= 0.3 is 0 Å². The van der Waals surface area contributed by atoms with Crippen LogP contribution in [-0.2, 0) is 0 Å². The number of aliphatic hydroxyl groups is 1. The predicted octanol–water partition coefficient (Wildman–Crippen LogP) is 3.21. The van der Waals surface area contributed by atoms with E-state index in [9.17, 15) is 9.50 Å². The summed E-state index contributed by atoms with van der Waals surface area (Å²) in [6, 6.07) is 4.51. The first kappa shape index (κ1) is 11.2. The van der Waals surface area contributed by atoms with E-state index in [2.05, 4.69) is 0 Å². The van der Waals surface area contributed by atoms with Crippen molar-refractivity contribution in [3.05, 3.63) is 35.1 Å². The highest BCUT2D eigenvalue weighted by molar-refractivity contribution is 5.29. The minimum atomic E-state index is -0.627. The smallest absolute Gasteiger partial charge is 0.123 e. The van der Waals surface area contributed by atoms with Gasteiger partial charge in [-0.05, 0) is 35.6 Å². The van der Waals surface area contributed by atoms with Crippen molar-refractivity contribution in [2.75, 3.05) is 0 Å². The van der Waals surface area contributed by atoms with Crippen molar-refractivity contribution in [2.45, 2.75) is 33.8 Å². The molecule has 78 valence electrons. The van der Waals surface area contributed by atoms with Gasteiger partial charge in [-0.25, -0.2) is 4.39 Å². The van der Waals surface area contributed by atoms with Gasteiger partial charge in [-0.1, -0.05) is 26.8 Å². The lowest BCUT2D eigenvalue weighted by Gasteiger charge is -2.27. The molecule has 0 bridgehead atoms. The molecule has 0 spiro atoms. The van der Waals surface area contributed by atoms with Crippen LogP contribution >= 0.6 is 0 Å².